The standard InChI is InChI=1S/C17H32N6O.ClH/c1-3-6-16(17-18-19-20-23(17)13-14-24-2)22-11-9-21(10-12-22)15-7-4-5-8-15;/h15-16H,3-14H2,1-2H3;1H. The fourth-order valence-corrected chi connectivity index (χ4v) is 4.22. The highest BCUT2D eigenvalue weighted by molar-refractivity contribution is 5.85. The summed E-state index contributed by atoms with van der Waals surface area (Å²) in [7, 11) is 1.72. The Morgan fingerprint density at radius 3 is 2.52 bits per heavy atom. The molecule has 2 aliphatic rings. The molecule has 1 aromatic heterocycles. The van der Waals surface area contributed by atoms with Crippen LogP contribution in [0.4, 0.5) is 0 Å². The predicted octanol–water partition coefficient (Wildman–Crippen LogP) is 2.14. The Kier molecular flexibility index (Phi) is 8.55. The summed E-state index contributed by atoms with van der Waals surface area (Å²) in [6.07, 6.45) is 7.87. The number of rotatable bonds is 8. The number of tetrazole rings is 1. The topological polar surface area (TPSA) is 59.3 Å². The van der Waals surface area contributed by atoms with Crippen molar-refractivity contribution in [1.29, 1.82) is 0 Å². The van der Waals surface area contributed by atoms with Gasteiger partial charge in [-0.25, -0.2) is 4.68 Å². The molecule has 8 heteroatoms. The fraction of sp³-hybridized carbons (Fsp3) is 0.941. The molecule has 0 aromatic carbocycles. The van der Waals surface area contributed by atoms with Gasteiger partial charge in [0.15, 0.2) is 5.82 Å². The Labute approximate surface area is 157 Å². The van der Waals surface area contributed by atoms with Gasteiger partial charge in [-0.1, -0.05) is 26.2 Å². The van der Waals surface area contributed by atoms with E-state index in [0.29, 0.717) is 12.6 Å². The van der Waals surface area contributed by atoms with Crippen LogP contribution in [0.2, 0.25) is 0 Å². The molecule has 0 radical (unpaired) electrons. The minimum Gasteiger partial charge on any atom is -0.383 e. The molecule has 0 spiro atoms. The highest BCUT2D eigenvalue weighted by Crippen LogP contribution is 2.28. The van der Waals surface area contributed by atoms with E-state index >= 15 is 0 Å². The zero-order valence-electron chi connectivity index (χ0n) is 15.6. The van der Waals surface area contributed by atoms with Gasteiger partial charge in [0.25, 0.3) is 0 Å². The van der Waals surface area contributed by atoms with E-state index in [0.717, 1.165) is 44.3 Å². The Morgan fingerprint density at radius 2 is 1.88 bits per heavy atom. The van der Waals surface area contributed by atoms with Crippen molar-refractivity contribution < 1.29 is 4.74 Å². The predicted molar refractivity (Wildman–Crippen MR) is 100.0 cm³/mol. The highest BCUT2D eigenvalue weighted by atomic mass is 35.5. The first-order chi connectivity index (χ1) is 11.8. The van der Waals surface area contributed by atoms with Gasteiger partial charge in [-0.3, -0.25) is 9.80 Å². The van der Waals surface area contributed by atoms with Crippen LogP contribution in [0.5, 0.6) is 0 Å². The van der Waals surface area contributed by atoms with Crippen LogP contribution in [-0.2, 0) is 11.3 Å². The van der Waals surface area contributed by atoms with Gasteiger partial charge in [0.1, 0.15) is 0 Å². The van der Waals surface area contributed by atoms with Crippen LogP contribution in [0, 0.1) is 0 Å². The molecule has 2 fully saturated rings. The molecule has 1 aromatic rings. The first kappa shape index (κ1) is 20.6. The van der Waals surface area contributed by atoms with Gasteiger partial charge in [0.05, 0.1) is 19.2 Å². The van der Waals surface area contributed by atoms with Crippen LogP contribution in [0.15, 0.2) is 0 Å². The molecule has 144 valence electrons. The second kappa shape index (κ2) is 10.4. The van der Waals surface area contributed by atoms with Crippen molar-refractivity contribution in [3.8, 4) is 0 Å². The van der Waals surface area contributed by atoms with E-state index in [2.05, 4.69) is 32.2 Å². The maximum absolute atomic E-state index is 5.19. The molecule has 2 heterocycles. The number of ether oxygens (including phenoxy) is 1. The summed E-state index contributed by atoms with van der Waals surface area (Å²) in [6.45, 7) is 8.23. The Bertz CT molecular complexity index is 485. The van der Waals surface area contributed by atoms with Gasteiger partial charge in [-0.15, -0.1) is 17.5 Å². The number of aromatic nitrogens is 4. The normalized spacial score (nSPS) is 21.4. The maximum Gasteiger partial charge on any atom is 0.168 e. The lowest BCUT2D eigenvalue weighted by Gasteiger charge is -2.41. The van der Waals surface area contributed by atoms with Crippen LogP contribution in [0.25, 0.3) is 0 Å². The van der Waals surface area contributed by atoms with Crippen molar-refractivity contribution in [2.24, 2.45) is 0 Å². The van der Waals surface area contributed by atoms with Crippen molar-refractivity contribution in [3.05, 3.63) is 5.82 Å². The molecule has 3 rings (SSSR count). The Balaban J connectivity index is 0.00000225. The molecule has 25 heavy (non-hydrogen) atoms. The van der Waals surface area contributed by atoms with Crippen molar-refractivity contribution >= 4 is 12.4 Å². The minimum atomic E-state index is 0. The van der Waals surface area contributed by atoms with Crippen LogP contribution in [-0.4, -0.2) is 75.9 Å². The molecule has 0 bridgehead atoms. The third kappa shape index (κ3) is 5.12. The van der Waals surface area contributed by atoms with E-state index in [1.54, 1.807) is 7.11 Å². The highest BCUT2D eigenvalue weighted by Gasteiger charge is 2.31. The lowest BCUT2D eigenvalue weighted by molar-refractivity contribution is 0.0619. The van der Waals surface area contributed by atoms with Crippen molar-refractivity contribution in [2.45, 2.75) is 64.1 Å². The lowest BCUT2D eigenvalue weighted by atomic mass is 10.1. The summed E-state index contributed by atoms with van der Waals surface area (Å²) in [5, 5.41) is 12.4. The molecule has 1 aliphatic heterocycles. The van der Waals surface area contributed by atoms with E-state index in [1.807, 2.05) is 4.68 Å². The number of hydrogen-bond donors (Lipinski definition) is 0. The summed E-state index contributed by atoms with van der Waals surface area (Å²) < 4.78 is 7.11. The third-order valence-electron chi connectivity index (χ3n) is 5.56. The molecule has 0 N–H and O–H groups in total. The van der Waals surface area contributed by atoms with Crippen LogP contribution >= 0.6 is 12.4 Å². The van der Waals surface area contributed by atoms with Gasteiger partial charge in [0.2, 0.25) is 0 Å². The molecule has 7 nitrogen and oxygen atoms in total. The molecular formula is C17H33ClN6O. The average molecular weight is 373 g/mol. The van der Waals surface area contributed by atoms with Crippen molar-refractivity contribution in [3.63, 3.8) is 0 Å². The lowest BCUT2D eigenvalue weighted by Crippen LogP contribution is -2.50. The number of nitrogens with zero attached hydrogens (tertiary/aromatic N) is 6. The average Bonchev–Trinajstić information content (AvgIpc) is 3.30. The van der Waals surface area contributed by atoms with Gasteiger partial charge in [-0.2, -0.15) is 0 Å². The Morgan fingerprint density at radius 1 is 1.16 bits per heavy atom. The smallest absolute Gasteiger partial charge is 0.168 e. The van der Waals surface area contributed by atoms with Crippen LogP contribution in [0.3, 0.4) is 0 Å². The maximum atomic E-state index is 5.19. The first-order valence-corrected chi connectivity index (χ1v) is 9.56. The van der Waals surface area contributed by atoms with Gasteiger partial charge in [0, 0.05) is 39.3 Å². The van der Waals surface area contributed by atoms with Crippen LogP contribution < -0.4 is 0 Å². The van der Waals surface area contributed by atoms with Gasteiger partial charge in [-0.05, 0) is 29.7 Å². The van der Waals surface area contributed by atoms with E-state index in [4.69, 9.17) is 4.74 Å². The molecular weight excluding hydrogens is 340 g/mol. The SMILES string of the molecule is CCCC(c1nnnn1CCOC)N1CCN(C2CCCC2)CC1.Cl. The van der Waals surface area contributed by atoms with E-state index in [1.165, 1.54) is 38.8 Å². The van der Waals surface area contributed by atoms with Gasteiger partial charge < -0.3 is 4.74 Å². The summed E-state index contributed by atoms with van der Waals surface area (Å²) in [5.41, 5.74) is 0. The van der Waals surface area contributed by atoms with Crippen molar-refractivity contribution in [1.82, 2.24) is 30.0 Å². The van der Waals surface area contributed by atoms with E-state index in [9.17, 15) is 0 Å². The van der Waals surface area contributed by atoms with E-state index < -0.39 is 0 Å². The second-order valence-corrected chi connectivity index (χ2v) is 7.07. The van der Waals surface area contributed by atoms with Crippen LogP contribution in [0.1, 0.15) is 57.3 Å². The largest absolute Gasteiger partial charge is 0.383 e. The number of halogens is 1. The quantitative estimate of drug-likeness (QED) is 0.696. The summed E-state index contributed by atoms with van der Waals surface area (Å²) in [6, 6.07) is 1.16. The van der Waals surface area contributed by atoms with Gasteiger partial charge >= 0.3 is 0 Å². The third-order valence-corrected chi connectivity index (χ3v) is 5.56. The monoisotopic (exact) mass is 372 g/mol. The summed E-state index contributed by atoms with van der Waals surface area (Å²) in [4.78, 5) is 5.30. The molecule has 1 aliphatic carbocycles. The number of methoxy groups -OCH3 is 1. The molecule has 1 saturated carbocycles. The summed E-state index contributed by atoms with van der Waals surface area (Å²) >= 11 is 0. The first-order valence-electron chi connectivity index (χ1n) is 9.56. The Hall–Kier alpha value is -0.760. The fourth-order valence-electron chi connectivity index (χ4n) is 4.22. The number of piperazine rings is 1. The summed E-state index contributed by atoms with van der Waals surface area (Å²) in [5.74, 6) is 1.00. The minimum absolute atomic E-state index is 0. The number of hydrogen-bond acceptors (Lipinski definition) is 6. The van der Waals surface area contributed by atoms with Crippen molar-refractivity contribution in [2.75, 3.05) is 39.9 Å². The second-order valence-electron chi connectivity index (χ2n) is 7.07. The molecule has 0 amide bonds. The zero-order valence-corrected chi connectivity index (χ0v) is 16.5. The zero-order chi connectivity index (χ0) is 16.8. The molecule has 1 unspecified atom stereocenters. The van der Waals surface area contributed by atoms with E-state index in [-0.39, 0.29) is 12.4 Å². The molecule has 1 atom stereocenters. The molecule has 1 saturated heterocycles.